The van der Waals surface area contributed by atoms with Crippen molar-refractivity contribution in [1.82, 2.24) is 19.7 Å². The van der Waals surface area contributed by atoms with Crippen LogP contribution in [0.4, 0.5) is 0 Å². The van der Waals surface area contributed by atoms with Gasteiger partial charge in [0.25, 0.3) is 5.56 Å². The van der Waals surface area contributed by atoms with Gasteiger partial charge in [0.15, 0.2) is 4.77 Å². The molecular formula is C12H10N4OS. The van der Waals surface area contributed by atoms with E-state index in [4.69, 9.17) is 12.2 Å². The normalized spacial score (nSPS) is 10.9. The Labute approximate surface area is 107 Å². The fourth-order valence-corrected chi connectivity index (χ4v) is 2.06. The fourth-order valence-electron chi connectivity index (χ4n) is 1.87. The van der Waals surface area contributed by atoms with Crippen LogP contribution in [0.2, 0.25) is 0 Å². The molecule has 2 aromatic heterocycles. The topological polar surface area (TPSA) is 66.5 Å². The predicted octanol–water partition coefficient (Wildman–Crippen LogP) is 1.83. The summed E-state index contributed by atoms with van der Waals surface area (Å²) in [5, 5.41) is 4.73. The molecule has 2 heterocycles. The Balaban J connectivity index is 2.14. The molecule has 0 aliphatic rings. The van der Waals surface area contributed by atoms with E-state index >= 15 is 0 Å². The Hall–Kier alpha value is -2.21. The molecule has 6 heteroatoms. The molecule has 0 unspecified atom stereocenters. The van der Waals surface area contributed by atoms with Gasteiger partial charge in [-0.2, -0.15) is 5.10 Å². The molecule has 0 atom stereocenters. The molecule has 0 radical (unpaired) electrons. The molecule has 18 heavy (non-hydrogen) atoms. The van der Waals surface area contributed by atoms with Crippen LogP contribution in [0.25, 0.3) is 11.0 Å². The predicted molar refractivity (Wildman–Crippen MR) is 71.1 cm³/mol. The highest BCUT2D eigenvalue weighted by atomic mass is 32.1. The van der Waals surface area contributed by atoms with E-state index in [9.17, 15) is 4.79 Å². The van der Waals surface area contributed by atoms with Crippen LogP contribution >= 0.6 is 12.2 Å². The molecule has 3 rings (SSSR count). The van der Waals surface area contributed by atoms with Crippen LogP contribution in [0.15, 0.2) is 41.3 Å². The lowest BCUT2D eigenvalue weighted by molar-refractivity contribution is 0.703. The number of fused-ring (bicyclic) bond motifs is 1. The van der Waals surface area contributed by atoms with Gasteiger partial charge in [0.1, 0.15) is 11.0 Å². The van der Waals surface area contributed by atoms with Gasteiger partial charge in [0.2, 0.25) is 0 Å². The minimum atomic E-state index is -0.215. The van der Waals surface area contributed by atoms with Crippen LogP contribution in [-0.2, 0) is 6.54 Å². The molecule has 1 aromatic carbocycles. The molecule has 0 bridgehead atoms. The zero-order valence-electron chi connectivity index (χ0n) is 9.38. The number of nitrogens with one attached hydrogen (secondary N) is 2. The lowest BCUT2D eigenvalue weighted by Gasteiger charge is -2.03. The van der Waals surface area contributed by atoms with Crippen LogP contribution in [0.5, 0.6) is 0 Å². The van der Waals surface area contributed by atoms with Crippen molar-refractivity contribution in [3.05, 3.63) is 57.2 Å². The third kappa shape index (κ3) is 1.86. The van der Waals surface area contributed by atoms with Gasteiger partial charge < -0.3 is 4.98 Å². The standard InChI is InChI=1S/C12H10N4OS/c17-11-9-6-13-16(10(9)14-12(18)15-11)7-8-4-2-1-3-5-8/h1-6H,7H2,(H2,14,15,17,18). The first kappa shape index (κ1) is 10.9. The second-order valence-electron chi connectivity index (χ2n) is 3.96. The van der Waals surface area contributed by atoms with Gasteiger partial charge in [-0.1, -0.05) is 30.3 Å². The second kappa shape index (κ2) is 4.23. The third-order valence-corrected chi connectivity index (χ3v) is 2.92. The van der Waals surface area contributed by atoms with Crippen LogP contribution in [-0.4, -0.2) is 19.7 Å². The molecule has 0 aliphatic heterocycles. The van der Waals surface area contributed by atoms with Crippen molar-refractivity contribution in [2.24, 2.45) is 0 Å². The van der Waals surface area contributed by atoms with Crippen molar-refractivity contribution in [3.63, 3.8) is 0 Å². The van der Waals surface area contributed by atoms with Gasteiger partial charge in [-0.25, -0.2) is 4.68 Å². The number of aromatic nitrogens is 4. The van der Waals surface area contributed by atoms with E-state index in [1.54, 1.807) is 10.9 Å². The summed E-state index contributed by atoms with van der Waals surface area (Å²) in [5.41, 5.74) is 1.54. The summed E-state index contributed by atoms with van der Waals surface area (Å²) in [7, 11) is 0. The van der Waals surface area contributed by atoms with Gasteiger partial charge in [0.05, 0.1) is 12.7 Å². The number of rotatable bonds is 2. The van der Waals surface area contributed by atoms with E-state index in [2.05, 4.69) is 15.1 Å². The number of H-pyrrole nitrogens is 2. The zero-order chi connectivity index (χ0) is 12.5. The summed E-state index contributed by atoms with van der Waals surface area (Å²) in [4.78, 5) is 17.2. The van der Waals surface area contributed by atoms with Crippen LogP contribution in [0, 0.1) is 4.77 Å². The molecule has 0 aliphatic carbocycles. The first-order valence-corrected chi connectivity index (χ1v) is 5.87. The lowest BCUT2D eigenvalue weighted by atomic mass is 10.2. The summed E-state index contributed by atoms with van der Waals surface area (Å²) in [6, 6.07) is 9.92. The number of benzene rings is 1. The Morgan fingerprint density at radius 3 is 2.78 bits per heavy atom. The second-order valence-corrected chi connectivity index (χ2v) is 4.37. The highest BCUT2D eigenvalue weighted by molar-refractivity contribution is 7.71. The average molecular weight is 258 g/mol. The fraction of sp³-hybridized carbons (Fsp3) is 0.0833. The zero-order valence-corrected chi connectivity index (χ0v) is 10.2. The van der Waals surface area contributed by atoms with Gasteiger partial charge >= 0.3 is 0 Å². The molecular weight excluding hydrogens is 248 g/mol. The van der Waals surface area contributed by atoms with Gasteiger partial charge in [-0.15, -0.1) is 0 Å². The summed E-state index contributed by atoms with van der Waals surface area (Å²) in [6.45, 7) is 0.596. The molecule has 90 valence electrons. The Morgan fingerprint density at radius 2 is 2.00 bits per heavy atom. The number of nitrogens with zero attached hydrogens (tertiary/aromatic N) is 2. The van der Waals surface area contributed by atoms with Crippen molar-refractivity contribution in [3.8, 4) is 0 Å². The van der Waals surface area contributed by atoms with Crippen molar-refractivity contribution in [2.45, 2.75) is 6.54 Å². The highest BCUT2D eigenvalue weighted by Gasteiger charge is 2.06. The van der Waals surface area contributed by atoms with Crippen molar-refractivity contribution < 1.29 is 0 Å². The maximum Gasteiger partial charge on any atom is 0.262 e. The van der Waals surface area contributed by atoms with E-state index in [0.717, 1.165) is 5.56 Å². The van der Waals surface area contributed by atoms with Crippen LogP contribution in [0.1, 0.15) is 5.56 Å². The highest BCUT2D eigenvalue weighted by Crippen LogP contribution is 2.08. The average Bonchev–Trinajstić information content (AvgIpc) is 2.74. The largest absolute Gasteiger partial charge is 0.317 e. The van der Waals surface area contributed by atoms with E-state index in [1.165, 1.54) is 0 Å². The van der Waals surface area contributed by atoms with E-state index in [-0.39, 0.29) is 5.56 Å². The van der Waals surface area contributed by atoms with Gasteiger partial charge in [0, 0.05) is 0 Å². The molecule has 0 saturated heterocycles. The molecule has 0 amide bonds. The number of hydrogen-bond donors (Lipinski definition) is 2. The number of aromatic amines is 2. The molecule has 0 spiro atoms. The minimum Gasteiger partial charge on any atom is -0.317 e. The van der Waals surface area contributed by atoms with E-state index in [0.29, 0.717) is 22.3 Å². The summed E-state index contributed by atoms with van der Waals surface area (Å²) < 4.78 is 2.04. The van der Waals surface area contributed by atoms with Gasteiger partial charge in [-0.05, 0) is 17.8 Å². The van der Waals surface area contributed by atoms with E-state index in [1.807, 2.05) is 30.3 Å². The van der Waals surface area contributed by atoms with Gasteiger partial charge in [-0.3, -0.25) is 9.78 Å². The number of hydrogen-bond acceptors (Lipinski definition) is 3. The maximum atomic E-state index is 11.7. The molecule has 0 fully saturated rings. The molecule has 5 nitrogen and oxygen atoms in total. The Morgan fingerprint density at radius 1 is 1.22 bits per heavy atom. The smallest absolute Gasteiger partial charge is 0.262 e. The third-order valence-electron chi connectivity index (χ3n) is 2.72. The van der Waals surface area contributed by atoms with Crippen molar-refractivity contribution in [2.75, 3.05) is 0 Å². The Bertz CT molecular complexity index is 800. The first-order valence-electron chi connectivity index (χ1n) is 5.46. The SMILES string of the molecule is O=c1[nH]c(=S)[nH]c2c1cnn2Cc1ccccc1. The lowest BCUT2D eigenvalue weighted by Crippen LogP contribution is -2.09. The summed E-state index contributed by atoms with van der Waals surface area (Å²) in [5.74, 6) is 0. The summed E-state index contributed by atoms with van der Waals surface area (Å²) in [6.07, 6.45) is 1.54. The first-order chi connectivity index (χ1) is 8.74. The summed E-state index contributed by atoms with van der Waals surface area (Å²) >= 11 is 4.96. The van der Waals surface area contributed by atoms with E-state index < -0.39 is 0 Å². The Kier molecular flexibility index (Phi) is 2.56. The molecule has 0 saturated carbocycles. The quantitative estimate of drug-likeness (QED) is 0.689. The maximum absolute atomic E-state index is 11.7. The van der Waals surface area contributed by atoms with Crippen molar-refractivity contribution >= 4 is 23.3 Å². The van der Waals surface area contributed by atoms with Crippen LogP contribution in [0.3, 0.4) is 0 Å². The molecule has 3 aromatic rings. The monoisotopic (exact) mass is 258 g/mol. The minimum absolute atomic E-state index is 0.215. The van der Waals surface area contributed by atoms with Crippen LogP contribution < -0.4 is 5.56 Å². The molecule has 2 N–H and O–H groups in total. The van der Waals surface area contributed by atoms with Crippen molar-refractivity contribution in [1.29, 1.82) is 0 Å².